The monoisotopic (exact) mass is 358 g/mol. The van der Waals surface area contributed by atoms with Gasteiger partial charge in [-0.3, -0.25) is 0 Å². The highest BCUT2D eigenvalue weighted by Gasteiger charge is 2.46. The predicted molar refractivity (Wildman–Crippen MR) is 105 cm³/mol. The fourth-order valence-electron chi connectivity index (χ4n) is 5.64. The fraction of sp³-hybridized carbons (Fsp3) is 0.727. The van der Waals surface area contributed by atoms with Crippen molar-refractivity contribution in [1.29, 1.82) is 0 Å². The number of hydrogen-bond acceptors (Lipinski definition) is 4. The summed E-state index contributed by atoms with van der Waals surface area (Å²) in [4.78, 5) is 2.49. The molecular weight excluding hydrogens is 324 g/mol. The minimum atomic E-state index is -0.468. The fourth-order valence-corrected chi connectivity index (χ4v) is 5.64. The first-order valence-electron chi connectivity index (χ1n) is 10.4. The summed E-state index contributed by atoms with van der Waals surface area (Å²) in [6.45, 7) is 4.30. The van der Waals surface area contributed by atoms with Crippen molar-refractivity contribution in [2.75, 3.05) is 20.1 Å². The van der Waals surface area contributed by atoms with E-state index in [9.17, 15) is 10.2 Å². The Morgan fingerprint density at radius 2 is 1.96 bits per heavy atom. The van der Waals surface area contributed by atoms with Crippen molar-refractivity contribution >= 4 is 0 Å². The normalized spacial score (nSPS) is 33.7. The van der Waals surface area contributed by atoms with E-state index in [4.69, 9.17) is 0 Å². The summed E-state index contributed by atoms with van der Waals surface area (Å²) >= 11 is 0. The van der Waals surface area contributed by atoms with Gasteiger partial charge in [-0.25, -0.2) is 0 Å². The molecule has 3 N–H and O–H groups in total. The van der Waals surface area contributed by atoms with Crippen LogP contribution >= 0.6 is 0 Å². The molecule has 1 saturated carbocycles. The number of piperidine rings is 1. The Bertz CT molecular complexity index is 656. The van der Waals surface area contributed by atoms with Crippen molar-refractivity contribution in [2.45, 2.75) is 81.4 Å². The maximum atomic E-state index is 10.8. The highest BCUT2D eigenvalue weighted by molar-refractivity contribution is 5.45. The number of aliphatic hydroxyl groups is 1. The van der Waals surface area contributed by atoms with Crippen molar-refractivity contribution in [3.8, 4) is 5.75 Å². The molecule has 0 aromatic heterocycles. The standard InChI is InChI=1S/C22H34N2O2/c1-21-11-13-24(2)19(15-21)20(17-7-6-16(25)14-18(17)21)23-12-10-22(26)8-4-3-5-9-22/h6-7,14,19-20,23,25-26H,3-5,8-13,15H2,1-2H3. The average molecular weight is 359 g/mol. The summed E-state index contributed by atoms with van der Waals surface area (Å²) in [5, 5.41) is 24.7. The van der Waals surface area contributed by atoms with Gasteiger partial charge < -0.3 is 20.4 Å². The third kappa shape index (κ3) is 3.28. The first-order chi connectivity index (χ1) is 12.4. The van der Waals surface area contributed by atoms with Gasteiger partial charge in [0.05, 0.1) is 5.60 Å². The Morgan fingerprint density at radius 3 is 2.73 bits per heavy atom. The molecule has 1 aliphatic heterocycles. The molecule has 3 atom stereocenters. The van der Waals surface area contributed by atoms with Crippen LogP contribution in [0.3, 0.4) is 0 Å². The van der Waals surface area contributed by atoms with Gasteiger partial charge in [-0.15, -0.1) is 0 Å². The van der Waals surface area contributed by atoms with Crippen LogP contribution in [-0.2, 0) is 5.41 Å². The molecule has 2 fully saturated rings. The number of likely N-dealkylation sites (tertiary alicyclic amines) is 1. The second kappa shape index (κ2) is 6.81. The van der Waals surface area contributed by atoms with Gasteiger partial charge in [-0.05, 0) is 80.9 Å². The maximum Gasteiger partial charge on any atom is 0.115 e. The van der Waals surface area contributed by atoms with E-state index in [1.807, 2.05) is 12.1 Å². The number of rotatable bonds is 4. The smallest absolute Gasteiger partial charge is 0.115 e. The molecule has 3 unspecified atom stereocenters. The molecule has 1 heterocycles. The molecule has 2 bridgehead atoms. The van der Waals surface area contributed by atoms with Crippen molar-refractivity contribution < 1.29 is 10.2 Å². The quantitative estimate of drug-likeness (QED) is 0.771. The number of hydrogen-bond donors (Lipinski definition) is 3. The van der Waals surface area contributed by atoms with Gasteiger partial charge >= 0.3 is 0 Å². The molecule has 1 aromatic carbocycles. The van der Waals surface area contributed by atoms with Gasteiger partial charge in [-0.1, -0.05) is 32.3 Å². The van der Waals surface area contributed by atoms with E-state index in [-0.39, 0.29) is 11.5 Å². The number of nitrogens with one attached hydrogen (secondary N) is 1. The molecule has 0 radical (unpaired) electrons. The number of benzene rings is 1. The summed E-state index contributed by atoms with van der Waals surface area (Å²) in [5.41, 5.74) is 2.34. The van der Waals surface area contributed by atoms with Crippen LogP contribution in [0.4, 0.5) is 0 Å². The molecule has 2 aliphatic carbocycles. The highest BCUT2D eigenvalue weighted by Crippen LogP contribution is 2.49. The first kappa shape index (κ1) is 18.3. The number of fused-ring (bicyclic) bond motifs is 4. The van der Waals surface area contributed by atoms with Crippen LogP contribution in [0.5, 0.6) is 5.75 Å². The Morgan fingerprint density at radius 1 is 1.19 bits per heavy atom. The van der Waals surface area contributed by atoms with Crippen LogP contribution < -0.4 is 5.32 Å². The number of phenolic OH excluding ortho intramolecular Hbond substituents is 1. The van der Waals surface area contributed by atoms with E-state index in [0.717, 1.165) is 58.0 Å². The van der Waals surface area contributed by atoms with Crippen LogP contribution in [0, 0.1) is 0 Å². The molecule has 144 valence electrons. The second-order valence-electron chi connectivity index (χ2n) is 9.30. The number of likely N-dealkylation sites (N-methyl/N-ethyl adjacent to an activating group) is 1. The summed E-state index contributed by atoms with van der Waals surface area (Å²) in [7, 11) is 2.24. The maximum absolute atomic E-state index is 10.8. The van der Waals surface area contributed by atoms with E-state index in [1.54, 1.807) is 0 Å². The SMILES string of the molecule is CN1CCC2(C)CC1C(NCCC1(O)CCCCC1)c1ccc(O)cc12. The zero-order valence-electron chi connectivity index (χ0n) is 16.3. The molecule has 1 aromatic rings. The lowest BCUT2D eigenvalue weighted by Gasteiger charge is -2.52. The molecular formula is C22H34N2O2. The largest absolute Gasteiger partial charge is 0.508 e. The lowest BCUT2D eigenvalue weighted by molar-refractivity contribution is -0.00555. The number of phenols is 1. The third-order valence-corrected chi connectivity index (χ3v) is 7.39. The van der Waals surface area contributed by atoms with E-state index in [1.165, 1.54) is 17.5 Å². The summed E-state index contributed by atoms with van der Waals surface area (Å²) in [6.07, 6.45) is 8.59. The van der Waals surface area contributed by atoms with E-state index in [0.29, 0.717) is 11.8 Å². The van der Waals surface area contributed by atoms with Crippen molar-refractivity contribution in [1.82, 2.24) is 10.2 Å². The van der Waals surface area contributed by atoms with Gasteiger partial charge in [0, 0.05) is 12.1 Å². The molecule has 4 rings (SSSR count). The molecule has 4 nitrogen and oxygen atoms in total. The van der Waals surface area contributed by atoms with E-state index < -0.39 is 5.60 Å². The zero-order chi connectivity index (χ0) is 18.4. The van der Waals surface area contributed by atoms with E-state index >= 15 is 0 Å². The molecule has 0 amide bonds. The van der Waals surface area contributed by atoms with Crippen molar-refractivity contribution in [3.05, 3.63) is 29.3 Å². The molecule has 4 heteroatoms. The van der Waals surface area contributed by atoms with Gasteiger partial charge in [0.25, 0.3) is 0 Å². The Balaban J connectivity index is 1.54. The third-order valence-electron chi connectivity index (χ3n) is 7.39. The van der Waals surface area contributed by atoms with Crippen molar-refractivity contribution in [3.63, 3.8) is 0 Å². The zero-order valence-corrected chi connectivity index (χ0v) is 16.3. The first-order valence-corrected chi connectivity index (χ1v) is 10.4. The topological polar surface area (TPSA) is 55.7 Å². The Kier molecular flexibility index (Phi) is 4.79. The number of nitrogens with zero attached hydrogens (tertiary/aromatic N) is 1. The van der Waals surface area contributed by atoms with Gasteiger partial charge in [-0.2, -0.15) is 0 Å². The predicted octanol–water partition coefficient (Wildman–Crippen LogP) is 3.47. The lowest BCUT2D eigenvalue weighted by atomic mass is 9.63. The van der Waals surface area contributed by atoms with Crippen LogP contribution in [0.15, 0.2) is 18.2 Å². The van der Waals surface area contributed by atoms with Gasteiger partial charge in [0.15, 0.2) is 0 Å². The van der Waals surface area contributed by atoms with Crippen molar-refractivity contribution in [2.24, 2.45) is 0 Å². The van der Waals surface area contributed by atoms with Crippen LogP contribution in [-0.4, -0.2) is 46.9 Å². The minimum absolute atomic E-state index is 0.158. The molecule has 3 aliphatic rings. The Hall–Kier alpha value is -1.10. The molecule has 26 heavy (non-hydrogen) atoms. The van der Waals surface area contributed by atoms with E-state index in [2.05, 4.69) is 30.3 Å². The summed E-state index contributed by atoms with van der Waals surface area (Å²) < 4.78 is 0. The van der Waals surface area contributed by atoms with Gasteiger partial charge in [0.1, 0.15) is 5.75 Å². The van der Waals surface area contributed by atoms with Crippen LogP contribution in [0.25, 0.3) is 0 Å². The number of aromatic hydroxyl groups is 1. The second-order valence-corrected chi connectivity index (χ2v) is 9.30. The lowest BCUT2D eigenvalue weighted by Crippen LogP contribution is -2.55. The molecule has 0 spiro atoms. The summed E-state index contributed by atoms with van der Waals surface area (Å²) in [5.74, 6) is 0.373. The Labute approximate surface area is 157 Å². The summed E-state index contributed by atoms with van der Waals surface area (Å²) in [6, 6.07) is 6.68. The highest BCUT2D eigenvalue weighted by atomic mass is 16.3. The van der Waals surface area contributed by atoms with Crippen LogP contribution in [0.1, 0.15) is 75.5 Å². The minimum Gasteiger partial charge on any atom is -0.508 e. The van der Waals surface area contributed by atoms with Crippen LogP contribution in [0.2, 0.25) is 0 Å². The average Bonchev–Trinajstić information content (AvgIpc) is 2.62. The van der Waals surface area contributed by atoms with Gasteiger partial charge in [0.2, 0.25) is 0 Å². The molecule has 1 saturated heterocycles.